The molecule has 4 nitrogen and oxygen atoms in total. The third-order valence-electron chi connectivity index (χ3n) is 1.80. The summed E-state index contributed by atoms with van der Waals surface area (Å²) >= 11 is 0. The van der Waals surface area contributed by atoms with Gasteiger partial charge in [-0.05, 0) is 12.1 Å². The first-order valence-corrected chi connectivity index (χ1v) is 4.03. The maximum Gasteiger partial charge on any atom is 0.0728 e. The van der Waals surface area contributed by atoms with Gasteiger partial charge in [0, 0.05) is 19.4 Å². The van der Waals surface area contributed by atoms with E-state index in [9.17, 15) is 0 Å². The molecule has 0 atom stereocenters. The smallest absolute Gasteiger partial charge is 0.0728 e. The van der Waals surface area contributed by atoms with Crippen molar-refractivity contribution in [2.24, 2.45) is 0 Å². The van der Waals surface area contributed by atoms with Crippen LogP contribution in [0.15, 0.2) is 36.9 Å². The molecule has 0 aliphatic heterocycles. The first-order chi connectivity index (χ1) is 6.40. The van der Waals surface area contributed by atoms with Crippen LogP contribution < -0.4 is 5.32 Å². The molecule has 2 aromatic rings. The number of pyridine rings is 1. The molecule has 0 radical (unpaired) electrons. The van der Waals surface area contributed by atoms with E-state index in [1.54, 1.807) is 23.3 Å². The minimum Gasteiger partial charge on any atom is -0.386 e. The molecule has 2 aromatic heterocycles. The van der Waals surface area contributed by atoms with Crippen molar-refractivity contribution in [3.8, 4) is 5.69 Å². The van der Waals surface area contributed by atoms with Crippen molar-refractivity contribution in [1.29, 1.82) is 0 Å². The van der Waals surface area contributed by atoms with E-state index in [2.05, 4.69) is 15.4 Å². The minimum atomic E-state index is 0.997. The average Bonchev–Trinajstić information content (AvgIpc) is 2.67. The maximum absolute atomic E-state index is 4.18. The zero-order valence-electron chi connectivity index (χ0n) is 7.31. The topological polar surface area (TPSA) is 42.7 Å². The van der Waals surface area contributed by atoms with E-state index in [4.69, 9.17) is 0 Å². The lowest BCUT2D eigenvalue weighted by atomic mass is 10.4. The summed E-state index contributed by atoms with van der Waals surface area (Å²) in [7, 11) is 1.87. The van der Waals surface area contributed by atoms with Crippen LogP contribution in [0.5, 0.6) is 0 Å². The molecule has 2 rings (SSSR count). The molecule has 0 aromatic carbocycles. The van der Waals surface area contributed by atoms with Crippen LogP contribution in [0.1, 0.15) is 0 Å². The van der Waals surface area contributed by atoms with E-state index in [1.165, 1.54) is 0 Å². The number of nitrogens with one attached hydrogen (secondary N) is 1. The highest BCUT2D eigenvalue weighted by molar-refractivity contribution is 5.40. The predicted molar refractivity (Wildman–Crippen MR) is 50.9 cm³/mol. The highest BCUT2D eigenvalue weighted by Gasteiger charge is 1.97. The number of nitrogens with zero attached hydrogens (tertiary/aromatic N) is 3. The van der Waals surface area contributed by atoms with Crippen LogP contribution in [0, 0.1) is 0 Å². The Balaban J connectivity index is 2.36. The van der Waals surface area contributed by atoms with Gasteiger partial charge >= 0.3 is 0 Å². The summed E-state index contributed by atoms with van der Waals surface area (Å²) in [5.41, 5.74) is 2.01. The Morgan fingerprint density at radius 2 is 2.08 bits per heavy atom. The fourth-order valence-corrected chi connectivity index (χ4v) is 1.09. The zero-order valence-corrected chi connectivity index (χ0v) is 7.31. The van der Waals surface area contributed by atoms with Crippen LogP contribution in [0.4, 0.5) is 5.69 Å². The number of hydrogen-bond acceptors (Lipinski definition) is 3. The third-order valence-corrected chi connectivity index (χ3v) is 1.80. The van der Waals surface area contributed by atoms with Crippen molar-refractivity contribution in [3.05, 3.63) is 36.9 Å². The Morgan fingerprint density at radius 1 is 1.31 bits per heavy atom. The summed E-state index contributed by atoms with van der Waals surface area (Å²) < 4.78 is 1.80. The van der Waals surface area contributed by atoms with Crippen molar-refractivity contribution in [2.75, 3.05) is 12.4 Å². The molecule has 0 saturated carbocycles. The summed E-state index contributed by atoms with van der Waals surface area (Å²) in [6.07, 6.45) is 7.20. The van der Waals surface area contributed by atoms with Gasteiger partial charge in [0.25, 0.3) is 0 Å². The lowest BCUT2D eigenvalue weighted by Crippen LogP contribution is -1.93. The largest absolute Gasteiger partial charge is 0.386 e. The number of anilines is 1. The molecule has 4 heteroatoms. The highest BCUT2D eigenvalue weighted by atomic mass is 15.3. The van der Waals surface area contributed by atoms with Crippen molar-refractivity contribution < 1.29 is 0 Å². The van der Waals surface area contributed by atoms with E-state index >= 15 is 0 Å². The summed E-state index contributed by atoms with van der Waals surface area (Å²) in [5, 5.41) is 7.20. The van der Waals surface area contributed by atoms with Crippen molar-refractivity contribution in [1.82, 2.24) is 14.8 Å². The van der Waals surface area contributed by atoms with Crippen LogP contribution in [0.3, 0.4) is 0 Å². The van der Waals surface area contributed by atoms with Gasteiger partial charge in [-0.1, -0.05) is 0 Å². The third kappa shape index (κ3) is 1.51. The van der Waals surface area contributed by atoms with E-state index in [1.807, 2.05) is 25.4 Å². The van der Waals surface area contributed by atoms with Gasteiger partial charge in [0.1, 0.15) is 0 Å². The van der Waals surface area contributed by atoms with Gasteiger partial charge in [0.05, 0.1) is 23.8 Å². The van der Waals surface area contributed by atoms with Gasteiger partial charge in [-0.25, -0.2) is 4.68 Å². The summed E-state index contributed by atoms with van der Waals surface area (Å²) in [6.45, 7) is 0. The summed E-state index contributed by atoms with van der Waals surface area (Å²) in [6, 6.07) is 3.82. The first-order valence-electron chi connectivity index (χ1n) is 4.03. The number of aromatic nitrogens is 3. The second-order valence-corrected chi connectivity index (χ2v) is 2.63. The van der Waals surface area contributed by atoms with Crippen molar-refractivity contribution in [3.63, 3.8) is 0 Å². The highest BCUT2D eigenvalue weighted by Crippen LogP contribution is 2.09. The lowest BCUT2D eigenvalue weighted by molar-refractivity contribution is 0.878. The molecule has 0 amide bonds. The zero-order chi connectivity index (χ0) is 9.10. The second kappa shape index (κ2) is 3.26. The minimum absolute atomic E-state index is 0.997. The molecule has 13 heavy (non-hydrogen) atoms. The number of rotatable bonds is 2. The standard InChI is InChI=1S/C9H10N4/c1-10-8-6-12-13(7-8)9-2-4-11-5-3-9/h2-7,10H,1H3. The molecule has 66 valence electrons. The Morgan fingerprint density at radius 3 is 2.69 bits per heavy atom. The SMILES string of the molecule is CNc1cnn(-c2ccncc2)c1. The van der Waals surface area contributed by atoms with Gasteiger partial charge in [0.2, 0.25) is 0 Å². The van der Waals surface area contributed by atoms with Gasteiger partial charge < -0.3 is 5.32 Å². The summed E-state index contributed by atoms with van der Waals surface area (Å²) in [5.74, 6) is 0. The van der Waals surface area contributed by atoms with E-state index in [0.717, 1.165) is 11.4 Å². The lowest BCUT2D eigenvalue weighted by Gasteiger charge is -1.98. The molecule has 1 N–H and O–H groups in total. The first kappa shape index (κ1) is 7.79. The molecule has 0 aliphatic carbocycles. The van der Waals surface area contributed by atoms with Crippen LogP contribution in [-0.2, 0) is 0 Å². The Bertz CT molecular complexity index is 380. The monoisotopic (exact) mass is 174 g/mol. The second-order valence-electron chi connectivity index (χ2n) is 2.63. The van der Waals surface area contributed by atoms with Gasteiger partial charge in [0.15, 0.2) is 0 Å². The normalized spacial score (nSPS) is 9.92. The van der Waals surface area contributed by atoms with E-state index in [-0.39, 0.29) is 0 Å². The fourth-order valence-electron chi connectivity index (χ4n) is 1.09. The Labute approximate surface area is 76.2 Å². The Hall–Kier alpha value is -1.84. The van der Waals surface area contributed by atoms with E-state index in [0.29, 0.717) is 0 Å². The average molecular weight is 174 g/mol. The van der Waals surface area contributed by atoms with Crippen LogP contribution >= 0.6 is 0 Å². The molecule has 0 aliphatic rings. The molecule has 2 heterocycles. The van der Waals surface area contributed by atoms with Gasteiger partial charge in [-0.3, -0.25) is 4.98 Å². The maximum atomic E-state index is 4.18. The van der Waals surface area contributed by atoms with Crippen molar-refractivity contribution >= 4 is 5.69 Å². The van der Waals surface area contributed by atoms with Crippen LogP contribution in [0.2, 0.25) is 0 Å². The Kier molecular flexibility index (Phi) is 1.96. The molecule has 0 saturated heterocycles. The molecular formula is C9H10N4. The number of hydrogen-bond donors (Lipinski definition) is 1. The molecule has 0 spiro atoms. The molecule has 0 fully saturated rings. The van der Waals surface area contributed by atoms with E-state index < -0.39 is 0 Å². The van der Waals surface area contributed by atoms with Gasteiger partial charge in [-0.2, -0.15) is 5.10 Å². The predicted octanol–water partition coefficient (Wildman–Crippen LogP) is 1.31. The van der Waals surface area contributed by atoms with Crippen LogP contribution in [0.25, 0.3) is 5.69 Å². The quantitative estimate of drug-likeness (QED) is 0.746. The molecule has 0 unspecified atom stereocenters. The summed E-state index contributed by atoms with van der Waals surface area (Å²) in [4.78, 5) is 3.94. The van der Waals surface area contributed by atoms with Crippen molar-refractivity contribution in [2.45, 2.75) is 0 Å². The fraction of sp³-hybridized carbons (Fsp3) is 0.111. The molecular weight excluding hydrogens is 164 g/mol. The van der Waals surface area contributed by atoms with Crippen LogP contribution in [-0.4, -0.2) is 21.8 Å². The molecule has 0 bridgehead atoms. The van der Waals surface area contributed by atoms with Gasteiger partial charge in [-0.15, -0.1) is 0 Å².